The smallest absolute Gasteiger partial charge is 0.143 e. The summed E-state index contributed by atoms with van der Waals surface area (Å²) in [6, 6.07) is 12.7. The highest BCUT2D eigenvalue weighted by atomic mass is 35.5. The summed E-state index contributed by atoms with van der Waals surface area (Å²) < 4.78 is 7.75. The molecular weight excluding hydrogens is 387 g/mol. The van der Waals surface area contributed by atoms with Crippen LogP contribution in [0.2, 0.25) is 10.0 Å². The highest BCUT2D eigenvalue weighted by Gasteiger charge is 2.35. The van der Waals surface area contributed by atoms with Crippen LogP contribution in [-0.2, 0) is 11.4 Å². The molecule has 1 aliphatic heterocycles. The van der Waals surface area contributed by atoms with Gasteiger partial charge in [-0.1, -0.05) is 46.6 Å². The predicted octanol–water partition coefficient (Wildman–Crippen LogP) is 4.53. The molecule has 6 nitrogen and oxygen atoms in total. The summed E-state index contributed by atoms with van der Waals surface area (Å²) in [5.74, 6) is 0.758. The molecule has 2 aromatic carbocycles. The molecule has 0 saturated heterocycles. The lowest BCUT2D eigenvalue weighted by molar-refractivity contribution is 0.120. The van der Waals surface area contributed by atoms with Crippen LogP contribution >= 0.6 is 23.2 Å². The first-order valence-corrected chi connectivity index (χ1v) is 9.13. The van der Waals surface area contributed by atoms with Crippen LogP contribution in [0, 0.1) is 0 Å². The Hall–Kier alpha value is -2.57. The molecule has 4 rings (SSSR count). The molecule has 0 aliphatic carbocycles. The zero-order chi connectivity index (χ0) is 18.8. The van der Waals surface area contributed by atoms with Crippen molar-refractivity contribution in [1.82, 2.24) is 14.8 Å². The van der Waals surface area contributed by atoms with Crippen molar-refractivity contribution < 1.29 is 9.57 Å². The maximum atomic E-state index is 6.21. The topological polar surface area (TPSA) is 61.5 Å². The van der Waals surface area contributed by atoms with Gasteiger partial charge in [-0.2, -0.15) is 5.10 Å². The maximum absolute atomic E-state index is 6.21. The minimum absolute atomic E-state index is 0.192. The number of para-hydroxylation sites is 1. The number of hydrogen-bond donors (Lipinski definition) is 0. The molecule has 0 N–H and O–H groups in total. The number of halogens is 2. The van der Waals surface area contributed by atoms with E-state index < -0.39 is 0 Å². The van der Waals surface area contributed by atoms with Crippen LogP contribution in [0.5, 0.6) is 5.75 Å². The Kier molecular flexibility index (Phi) is 5.01. The normalized spacial score (nSPS) is 20.2. The molecule has 0 amide bonds. The first-order chi connectivity index (χ1) is 13.1. The number of aromatic nitrogens is 3. The Morgan fingerprint density at radius 2 is 2.07 bits per heavy atom. The van der Waals surface area contributed by atoms with Crippen LogP contribution in [0.25, 0.3) is 0 Å². The fourth-order valence-electron chi connectivity index (χ4n) is 3.04. The molecule has 3 aromatic rings. The number of benzene rings is 2. The number of rotatable bonds is 4. The van der Waals surface area contributed by atoms with E-state index in [9.17, 15) is 0 Å². The monoisotopic (exact) mass is 402 g/mol. The molecule has 138 valence electrons. The molecule has 0 saturated carbocycles. The third-order valence-electron chi connectivity index (χ3n) is 4.32. The average Bonchev–Trinajstić information content (AvgIpc) is 3.17. The summed E-state index contributed by atoms with van der Waals surface area (Å²) in [5.41, 5.74) is 2.38. The average molecular weight is 403 g/mol. The molecule has 0 unspecified atom stereocenters. The molecule has 27 heavy (non-hydrogen) atoms. The van der Waals surface area contributed by atoms with Crippen molar-refractivity contribution in [3.63, 3.8) is 0 Å². The number of nitrogens with zero attached hydrogens (tertiary/aromatic N) is 4. The van der Waals surface area contributed by atoms with E-state index in [4.69, 9.17) is 32.8 Å². The van der Waals surface area contributed by atoms with Gasteiger partial charge in [-0.15, -0.1) is 0 Å². The van der Waals surface area contributed by atoms with Gasteiger partial charge in [-0.05, 0) is 31.2 Å². The zero-order valence-electron chi connectivity index (χ0n) is 14.4. The quantitative estimate of drug-likeness (QED) is 0.601. The Labute approximate surface area is 166 Å². The van der Waals surface area contributed by atoms with Crippen molar-refractivity contribution in [2.75, 3.05) is 0 Å². The van der Waals surface area contributed by atoms with E-state index in [2.05, 4.69) is 15.2 Å². The minimum atomic E-state index is -0.261. The largest absolute Gasteiger partial charge is 0.487 e. The van der Waals surface area contributed by atoms with Crippen LogP contribution in [0.3, 0.4) is 0 Å². The summed E-state index contributed by atoms with van der Waals surface area (Å²) in [4.78, 5) is 9.70. The van der Waals surface area contributed by atoms with Crippen LogP contribution in [0.15, 0.2) is 60.3 Å². The van der Waals surface area contributed by atoms with Gasteiger partial charge in [-0.3, -0.25) is 0 Å². The number of hydrogen-bond acceptors (Lipinski definition) is 5. The van der Waals surface area contributed by atoms with Crippen molar-refractivity contribution in [2.45, 2.75) is 25.7 Å². The lowest BCUT2D eigenvalue weighted by Gasteiger charge is -2.32. The Morgan fingerprint density at radius 1 is 1.22 bits per heavy atom. The highest BCUT2D eigenvalue weighted by Crippen LogP contribution is 2.33. The molecule has 1 aliphatic rings. The molecule has 1 aromatic heterocycles. The van der Waals surface area contributed by atoms with E-state index in [1.54, 1.807) is 23.1 Å². The van der Waals surface area contributed by atoms with Gasteiger partial charge in [-0.25, -0.2) is 9.67 Å². The second kappa shape index (κ2) is 7.58. The third-order valence-corrected chi connectivity index (χ3v) is 4.91. The Balaban J connectivity index is 1.66. The van der Waals surface area contributed by atoms with E-state index in [0.717, 1.165) is 22.6 Å². The summed E-state index contributed by atoms with van der Waals surface area (Å²) in [7, 11) is 0. The summed E-state index contributed by atoms with van der Waals surface area (Å²) in [5, 5.41) is 9.80. The van der Waals surface area contributed by atoms with Gasteiger partial charge < -0.3 is 9.57 Å². The fourth-order valence-corrected chi connectivity index (χ4v) is 3.51. The summed E-state index contributed by atoms with van der Waals surface area (Å²) in [6.07, 6.45) is 2.94. The van der Waals surface area contributed by atoms with Gasteiger partial charge in [0, 0.05) is 21.2 Å². The van der Waals surface area contributed by atoms with Gasteiger partial charge in [0.2, 0.25) is 0 Å². The highest BCUT2D eigenvalue weighted by molar-refractivity contribution is 6.35. The molecular formula is C19H16Cl2N4O2. The third kappa shape index (κ3) is 3.63. The van der Waals surface area contributed by atoms with E-state index >= 15 is 0 Å². The van der Waals surface area contributed by atoms with Gasteiger partial charge in [0.25, 0.3) is 0 Å². The molecule has 0 bridgehead atoms. The lowest BCUT2D eigenvalue weighted by atomic mass is 9.95. The molecule has 8 heteroatoms. The van der Waals surface area contributed by atoms with Crippen molar-refractivity contribution in [1.29, 1.82) is 0 Å². The van der Waals surface area contributed by atoms with Gasteiger partial charge in [0.15, 0.2) is 0 Å². The Morgan fingerprint density at radius 3 is 2.85 bits per heavy atom. The van der Waals surface area contributed by atoms with Crippen molar-refractivity contribution >= 4 is 28.9 Å². The lowest BCUT2D eigenvalue weighted by Crippen LogP contribution is -2.38. The van der Waals surface area contributed by atoms with Crippen molar-refractivity contribution in [2.24, 2.45) is 5.16 Å². The van der Waals surface area contributed by atoms with Crippen molar-refractivity contribution in [3.8, 4) is 5.75 Å². The second-order valence-electron chi connectivity index (χ2n) is 6.13. The summed E-state index contributed by atoms with van der Waals surface area (Å²) in [6.45, 7) is 2.19. The molecule has 0 spiro atoms. The van der Waals surface area contributed by atoms with Crippen LogP contribution in [-0.4, -0.2) is 26.6 Å². The second-order valence-corrected chi connectivity index (χ2v) is 6.97. The first-order valence-electron chi connectivity index (χ1n) is 8.37. The molecule has 0 fully saturated rings. The first kappa shape index (κ1) is 17.8. The maximum Gasteiger partial charge on any atom is 0.143 e. The SMILES string of the molecule is C[C@@H]1Oc2ccccc2/C(=N\OCc2ccc(Cl)cc2Cl)[C@@H]1n1cncn1. The summed E-state index contributed by atoms with van der Waals surface area (Å²) >= 11 is 12.1. The fraction of sp³-hybridized carbons (Fsp3) is 0.211. The van der Waals surface area contributed by atoms with Crippen LogP contribution < -0.4 is 4.74 Å². The van der Waals surface area contributed by atoms with Crippen molar-refractivity contribution in [3.05, 3.63) is 76.3 Å². The van der Waals surface area contributed by atoms with E-state index in [1.807, 2.05) is 37.3 Å². The van der Waals surface area contributed by atoms with Gasteiger partial charge in [0.05, 0.1) is 0 Å². The van der Waals surface area contributed by atoms with E-state index in [0.29, 0.717) is 10.0 Å². The molecule has 2 heterocycles. The van der Waals surface area contributed by atoms with Gasteiger partial charge >= 0.3 is 0 Å². The van der Waals surface area contributed by atoms with Crippen LogP contribution in [0.4, 0.5) is 0 Å². The Bertz CT molecular complexity index is 976. The number of ether oxygens (including phenoxy) is 1. The van der Waals surface area contributed by atoms with E-state index in [1.165, 1.54) is 6.33 Å². The zero-order valence-corrected chi connectivity index (χ0v) is 15.9. The molecule has 0 radical (unpaired) electrons. The molecule has 2 atom stereocenters. The van der Waals surface area contributed by atoms with Gasteiger partial charge in [0.1, 0.15) is 42.9 Å². The van der Waals surface area contributed by atoms with Crippen LogP contribution in [0.1, 0.15) is 24.1 Å². The minimum Gasteiger partial charge on any atom is -0.487 e. The predicted molar refractivity (Wildman–Crippen MR) is 103 cm³/mol. The number of fused-ring (bicyclic) bond motifs is 1. The standard InChI is InChI=1S/C19H16Cl2N4O2/c1-12-19(25-11-22-10-23-25)18(15-4-2-3-5-17(15)27-12)24-26-9-13-6-7-14(20)8-16(13)21/h2-8,10-12,19H,9H2,1H3/b24-18+/t12-,19+/m0/s1. The van der Waals surface area contributed by atoms with E-state index in [-0.39, 0.29) is 18.8 Å². The number of oxime groups is 1.